The van der Waals surface area contributed by atoms with E-state index in [0.717, 1.165) is 64.1 Å². The molecule has 5 nitrogen and oxygen atoms in total. The summed E-state index contributed by atoms with van der Waals surface area (Å²) >= 11 is 9.95. The number of aryl methyl sites for hydroxylation is 1. The van der Waals surface area contributed by atoms with Crippen LogP contribution in [0.15, 0.2) is 62.9 Å². The van der Waals surface area contributed by atoms with Crippen molar-refractivity contribution in [3.63, 3.8) is 0 Å². The Morgan fingerprint density at radius 1 is 1.09 bits per heavy atom. The van der Waals surface area contributed by atoms with Crippen LogP contribution in [0.3, 0.4) is 0 Å². The predicted octanol–water partition coefficient (Wildman–Crippen LogP) is 7.15. The van der Waals surface area contributed by atoms with Gasteiger partial charge in [0, 0.05) is 27.3 Å². The molecule has 4 aromatic rings. The first-order chi connectivity index (χ1) is 16.4. The second kappa shape index (κ2) is 9.51. The minimum absolute atomic E-state index is 0.136. The van der Waals surface area contributed by atoms with Gasteiger partial charge in [0.1, 0.15) is 5.82 Å². The van der Waals surface area contributed by atoms with Gasteiger partial charge in [-0.15, -0.1) is 0 Å². The van der Waals surface area contributed by atoms with Crippen LogP contribution in [0.4, 0.5) is 0 Å². The fourth-order valence-electron chi connectivity index (χ4n) is 4.94. The zero-order valence-corrected chi connectivity index (χ0v) is 21.6. The molecule has 2 heterocycles. The molecule has 0 bridgehead atoms. The van der Waals surface area contributed by atoms with Crippen molar-refractivity contribution in [2.24, 2.45) is 5.10 Å². The van der Waals surface area contributed by atoms with Crippen LogP contribution >= 0.6 is 27.5 Å². The van der Waals surface area contributed by atoms with Crippen molar-refractivity contribution in [3.8, 4) is 5.69 Å². The first kappa shape index (κ1) is 23.1. The molecule has 0 unspecified atom stereocenters. The minimum Gasteiger partial charge on any atom is -0.316 e. The normalized spacial score (nSPS) is 14.9. The number of rotatable bonds is 4. The van der Waals surface area contributed by atoms with E-state index in [0.29, 0.717) is 10.4 Å². The van der Waals surface area contributed by atoms with E-state index < -0.39 is 0 Å². The van der Waals surface area contributed by atoms with Gasteiger partial charge in [-0.2, -0.15) is 9.78 Å². The molecule has 0 aliphatic heterocycles. The van der Waals surface area contributed by atoms with Crippen molar-refractivity contribution in [1.82, 2.24) is 14.2 Å². The molecule has 0 atom stereocenters. The van der Waals surface area contributed by atoms with E-state index in [1.807, 2.05) is 56.3 Å². The van der Waals surface area contributed by atoms with Crippen molar-refractivity contribution in [2.75, 3.05) is 0 Å². The first-order valence-corrected chi connectivity index (χ1v) is 12.8. The highest BCUT2D eigenvalue weighted by Gasteiger charge is 2.22. The second-order valence-corrected chi connectivity index (χ2v) is 10.3. The average Bonchev–Trinajstić information content (AvgIpc) is 3.12. The maximum absolute atomic E-state index is 13.6. The van der Waals surface area contributed by atoms with Gasteiger partial charge >= 0.3 is 0 Å². The van der Waals surface area contributed by atoms with E-state index >= 15 is 0 Å². The summed E-state index contributed by atoms with van der Waals surface area (Å²) in [6.45, 7) is 4.08. The van der Waals surface area contributed by atoms with Crippen LogP contribution in [-0.2, 0) is 0 Å². The van der Waals surface area contributed by atoms with E-state index in [2.05, 4.69) is 26.6 Å². The van der Waals surface area contributed by atoms with Crippen molar-refractivity contribution in [3.05, 3.63) is 91.2 Å². The maximum Gasteiger partial charge on any atom is 0.282 e. The van der Waals surface area contributed by atoms with Gasteiger partial charge in [-0.3, -0.25) is 4.79 Å². The van der Waals surface area contributed by atoms with Gasteiger partial charge in [0.25, 0.3) is 5.56 Å². The van der Waals surface area contributed by atoms with Crippen molar-refractivity contribution < 1.29 is 0 Å². The largest absolute Gasteiger partial charge is 0.316 e. The molecular formula is C27H26BrClN4O. The Balaban J connectivity index is 1.63. The molecule has 1 aliphatic rings. The summed E-state index contributed by atoms with van der Waals surface area (Å²) in [5, 5.41) is 5.97. The van der Waals surface area contributed by atoms with Gasteiger partial charge in [0.2, 0.25) is 0 Å². The van der Waals surface area contributed by atoms with Gasteiger partial charge in [-0.1, -0.05) is 58.9 Å². The number of aromatic nitrogens is 3. The van der Waals surface area contributed by atoms with Gasteiger partial charge < -0.3 is 4.57 Å². The monoisotopic (exact) mass is 536 g/mol. The molecule has 0 radical (unpaired) electrons. The summed E-state index contributed by atoms with van der Waals surface area (Å²) in [4.78, 5) is 18.5. The van der Waals surface area contributed by atoms with Crippen LogP contribution < -0.4 is 5.56 Å². The molecule has 34 heavy (non-hydrogen) atoms. The van der Waals surface area contributed by atoms with Crippen LogP contribution in [0.25, 0.3) is 16.6 Å². The molecule has 174 valence electrons. The van der Waals surface area contributed by atoms with Crippen molar-refractivity contribution >= 4 is 44.6 Å². The summed E-state index contributed by atoms with van der Waals surface area (Å²) in [7, 11) is 0. The minimum atomic E-state index is -0.136. The summed E-state index contributed by atoms with van der Waals surface area (Å²) in [6.07, 6.45) is 7.38. The quantitative estimate of drug-likeness (QED) is 0.260. The highest BCUT2D eigenvalue weighted by atomic mass is 79.9. The van der Waals surface area contributed by atoms with E-state index in [1.54, 1.807) is 6.21 Å². The second-order valence-electron chi connectivity index (χ2n) is 8.94. The van der Waals surface area contributed by atoms with Crippen LogP contribution in [0.2, 0.25) is 5.02 Å². The lowest BCUT2D eigenvalue weighted by Crippen LogP contribution is -2.25. The van der Waals surface area contributed by atoms with E-state index in [1.165, 1.54) is 11.1 Å². The van der Waals surface area contributed by atoms with Crippen molar-refractivity contribution in [1.29, 1.82) is 0 Å². The smallest absolute Gasteiger partial charge is 0.282 e. The van der Waals surface area contributed by atoms with Gasteiger partial charge in [0.15, 0.2) is 0 Å². The molecule has 7 heteroatoms. The Bertz CT molecular complexity index is 1460. The maximum atomic E-state index is 13.6. The molecule has 0 N–H and O–H groups in total. The standard InChI is InChI=1S/C27H26BrClN4O/c1-17-14-20(18(2)32(17)25-11-7-6-10-23(25)29)16-30-33-26(19-8-4-3-5-9-19)31-24-13-12-21(28)15-22(24)27(33)34/h6-7,10-16,19H,3-5,8-9H2,1-2H3. The number of hydrogen-bond acceptors (Lipinski definition) is 3. The molecule has 0 saturated heterocycles. The van der Waals surface area contributed by atoms with Crippen molar-refractivity contribution in [2.45, 2.75) is 51.9 Å². The lowest BCUT2D eigenvalue weighted by atomic mass is 9.88. The summed E-state index contributed by atoms with van der Waals surface area (Å²) in [5.41, 5.74) is 4.51. The Morgan fingerprint density at radius 3 is 2.62 bits per heavy atom. The molecule has 5 rings (SSSR count). The Labute approximate surface area is 212 Å². The van der Waals surface area contributed by atoms with Crippen LogP contribution in [0.5, 0.6) is 0 Å². The summed E-state index contributed by atoms with van der Waals surface area (Å²) in [5.74, 6) is 0.998. The topological polar surface area (TPSA) is 52.2 Å². The third-order valence-electron chi connectivity index (χ3n) is 6.68. The zero-order chi connectivity index (χ0) is 23.8. The lowest BCUT2D eigenvalue weighted by molar-refractivity contribution is 0.416. The van der Waals surface area contributed by atoms with Gasteiger partial charge in [0.05, 0.1) is 27.8 Å². The number of halogens is 2. The number of fused-ring (bicyclic) bond motifs is 1. The highest BCUT2D eigenvalue weighted by molar-refractivity contribution is 9.10. The van der Waals surface area contributed by atoms with Crippen LogP contribution in [0, 0.1) is 13.8 Å². The average molecular weight is 538 g/mol. The first-order valence-electron chi connectivity index (χ1n) is 11.6. The number of hydrogen-bond donors (Lipinski definition) is 0. The zero-order valence-electron chi connectivity index (χ0n) is 19.3. The molecular weight excluding hydrogens is 512 g/mol. The third-order valence-corrected chi connectivity index (χ3v) is 7.49. The number of para-hydroxylation sites is 1. The molecule has 1 fully saturated rings. The van der Waals surface area contributed by atoms with Gasteiger partial charge in [-0.05, 0) is 63.1 Å². The molecule has 1 saturated carbocycles. The fraction of sp³-hybridized carbons (Fsp3) is 0.296. The van der Waals surface area contributed by atoms with E-state index in [9.17, 15) is 4.79 Å². The Hall–Kier alpha value is -2.70. The Morgan fingerprint density at radius 2 is 1.85 bits per heavy atom. The lowest BCUT2D eigenvalue weighted by Gasteiger charge is -2.22. The summed E-state index contributed by atoms with van der Waals surface area (Å²) in [6, 6.07) is 15.5. The Kier molecular flexibility index (Phi) is 6.45. The predicted molar refractivity (Wildman–Crippen MR) is 143 cm³/mol. The molecule has 0 amide bonds. The van der Waals surface area contributed by atoms with Crippen LogP contribution in [0.1, 0.15) is 60.8 Å². The van der Waals surface area contributed by atoms with Crippen LogP contribution in [-0.4, -0.2) is 20.4 Å². The van der Waals surface area contributed by atoms with E-state index in [-0.39, 0.29) is 11.5 Å². The molecule has 0 spiro atoms. The molecule has 2 aromatic carbocycles. The highest BCUT2D eigenvalue weighted by Crippen LogP contribution is 2.32. The number of nitrogens with zero attached hydrogens (tertiary/aromatic N) is 4. The fourth-order valence-corrected chi connectivity index (χ4v) is 5.53. The SMILES string of the molecule is Cc1cc(C=Nn2c(C3CCCCC3)nc3ccc(Br)cc3c2=O)c(C)n1-c1ccccc1Cl. The number of benzene rings is 2. The summed E-state index contributed by atoms with van der Waals surface area (Å²) < 4.78 is 4.49. The molecule has 2 aromatic heterocycles. The van der Waals surface area contributed by atoms with E-state index in [4.69, 9.17) is 21.7 Å². The molecule has 1 aliphatic carbocycles. The van der Waals surface area contributed by atoms with Gasteiger partial charge in [-0.25, -0.2) is 4.98 Å². The third kappa shape index (κ3) is 4.25.